The van der Waals surface area contributed by atoms with Crippen LogP contribution < -0.4 is 4.72 Å². The second-order valence-corrected chi connectivity index (χ2v) is 6.17. The maximum Gasteiger partial charge on any atom is 0.511 e. The number of sulfonamides is 1. The van der Waals surface area contributed by atoms with Gasteiger partial charge in [0.2, 0.25) is 0 Å². The van der Waals surface area contributed by atoms with Crippen molar-refractivity contribution in [2.75, 3.05) is 19.8 Å². The van der Waals surface area contributed by atoms with Crippen molar-refractivity contribution >= 4 is 10.0 Å². The van der Waals surface area contributed by atoms with Gasteiger partial charge < -0.3 is 9.47 Å². The van der Waals surface area contributed by atoms with E-state index in [0.717, 1.165) is 0 Å². The largest absolute Gasteiger partial charge is 0.511 e. The standard InChI is InChI=1S/C12H14F3NO4S/c13-12(14,15)21(17,18)16-7-6-11(19-8-9-20-11)10-4-2-1-3-5-10/h1-5,16H,6-9H2. The van der Waals surface area contributed by atoms with E-state index in [4.69, 9.17) is 9.47 Å². The first kappa shape index (κ1) is 16.2. The minimum absolute atomic E-state index is 0.0632. The molecule has 9 heteroatoms. The van der Waals surface area contributed by atoms with Gasteiger partial charge in [-0.15, -0.1) is 0 Å². The van der Waals surface area contributed by atoms with Crippen LogP contribution in [0.5, 0.6) is 0 Å². The molecule has 1 heterocycles. The Kier molecular flexibility index (Phi) is 4.57. The number of rotatable bonds is 5. The molecule has 2 rings (SSSR count). The molecule has 5 nitrogen and oxygen atoms in total. The van der Waals surface area contributed by atoms with E-state index in [2.05, 4.69) is 0 Å². The summed E-state index contributed by atoms with van der Waals surface area (Å²) in [5.74, 6) is -1.21. The third kappa shape index (κ3) is 3.54. The van der Waals surface area contributed by atoms with Crippen molar-refractivity contribution in [3.63, 3.8) is 0 Å². The molecule has 0 bridgehead atoms. The predicted octanol–water partition coefficient (Wildman–Crippen LogP) is 1.72. The molecule has 0 atom stereocenters. The van der Waals surface area contributed by atoms with Gasteiger partial charge >= 0.3 is 15.5 Å². The van der Waals surface area contributed by atoms with Gasteiger partial charge in [0.05, 0.1) is 13.2 Å². The summed E-state index contributed by atoms with van der Waals surface area (Å²) in [6.45, 7) is 0.137. The lowest BCUT2D eigenvalue weighted by Crippen LogP contribution is -2.40. The van der Waals surface area contributed by atoms with E-state index >= 15 is 0 Å². The molecule has 1 saturated heterocycles. The van der Waals surface area contributed by atoms with Gasteiger partial charge in [0.1, 0.15) is 0 Å². The maximum atomic E-state index is 12.2. The molecule has 0 spiro atoms. The Hall–Kier alpha value is -1.16. The molecule has 0 unspecified atom stereocenters. The summed E-state index contributed by atoms with van der Waals surface area (Å²) in [5, 5.41) is 0. The van der Waals surface area contributed by atoms with Crippen molar-refractivity contribution < 1.29 is 31.1 Å². The van der Waals surface area contributed by atoms with Gasteiger partial charge in [0.15, 0.2) is 5.79 Å². The first-order valence-electron chi connectivity index (χ1n) is 6.16. The smallest absolute Gasteiger partial charge is 0.343 e. The Bertz CT molecular complexity index is 568. The number of ether oxygens (including phenoxy) is 2. The molecule has 1 fully saturated rings. The highest BCUT2D eigenvalue weighted by molar-refractivity contribution is 7.90. The van der Waals surface area contributed by atoms with E-state index in [1.165, 1.54) is 4.72 Å². The van der Waals surface area contributed by atoms with Crippen LogP contribution in [0.2, 0.25) is 0 Å². The monoisotopic (exact) mass is 325 g/mol. The van der Waals surface area contributed by atoms with E-state index < -0.39 is 27.9 Å². The summed E-state index contributed by atoms with van der Waals surface area (Å²) in [5.41, 5.74) is -4.70. The normalized spacial score (nSPS) is 18.8. The third-order valence-corrected chi connectivity index (χ3v) is 4.21. The van der Waals surface area contributed by atoms with Crippen LogP contribution in [0.4, 0.5) is 13.2 Å². The molecule has 1 aromatic carbocycles. The molecule has 0 radical (unpaired) electrons. The minimum Gasteiger partial charge on any atom is -0.343 e. The van der Waals surface area contributed by atoms with Gasteiger partial charge in [-0.25, -0.2) is 13.1 Å². The maximum absolute atomic E-state index is 12.2. The van der Waals surface area contributed by atoms with Crippen LogP contribution in [-0.2, 0) is 25.3 Å². The molecule has 118 valence electrons. The summed E-state index contributed by atoms with van der Waals surface area (Å²) in [6, 6.07) is 8.68. The van der Waals surface area contributed by atoms with Crippen LogP contribution in [-0.4, -0.2) is 33.7 Å². The lowest BCUT2D eigenvalue weighted by molar-refractivity contribution is -0.169. The van der Waals surface area contributed by atoms with Gasteiger partial charge in [-0.2, -0.15) is 13.2 Å². The van der Waals surface area contributed by atoms with Crippen molar-refractivity contribution in [2.24, 2.45) is 0 Å². The number of nitrogens with one attached hydrogen (secondary N) is 1. The van der Waals surface area contributed by atoms with Crippen LogP contribution in [0, 0.1) is 0 Å². The minimum atomic E-state index is -5.36. The highest BCUT2D eigenvalue weighted by Gasteiger charge is 2.46. The summed E-state index contributed by atoms with van der Waals surface area (Å²) in [7, 11) is -5.36. The molecule has 0 amide bonds. The van der Waals surface area contributed by atoms with Crippen molar-refractivity contribution in [3.8, 4) is 0 Å². The second-order valence-electron chi connectivity index (χ2n) is 4.41. The SMILES string of the molecule is O=S(=O)(NCCC1(c2ccccc2)OCCO1)C(F)(F)F. The summed E-state index contributed by atoms with van der Waals surface area (Å²) >= 11 is 0. The highest BCUT2D eigenvalue weighted by Crippen LogP contribution is 2.34. The van der Waals surface area contributed by atoms with E-state index in [1.807, 2.05) is 0 Å². The van der Waals surface area contributed by atoms with E-state index in [9.17, 15) is 21.6 Å². The molecule has 0 aliphatic carbocycles. The fourth-order valence-corrected chi connectivity index (χ4v) is 2.57. The molecule has 0 saturated carbocycles. The first-order chi connectivity index (χ1) is 9.77. The fraction of sp³-hybridized carbons (Fsp3) is 0.500. The number of hydrogen-bond donors (Lipinski definition) is 1. The van der Waals surface area contributed by atoms with Crippen LogP contribution in [0.25, 0.3) is 0 Å². The van der Waals surface area contributed by atoms with Crippen LogP contribution in [0.3, 0.4) is 0 Å². The fourth-order valence-electron chi connectivity index (χ4n) is 2.03. The van der Waals surface area contributed by atoms with Gasteiger partial charge in [-0.05, 0) is 0 Å². The second kappa shape index (κ2) is 5.91. The number of hydrogen-bond acceptors (Lipinski definition) is 4. The van der Waals surface area contributed by atoms with Gasteiger partial charge in [0.25, 0.3) is 0 Å². The van der Waals surface area contributed by atoms with Gasteiger partial charge in [-0.1, -0.05) is 30.3 Å². The lowest BCUT2D eigenvalue weighted by Gasteiger charge is -2.28. The Morgan fingerprint density at radius 2 is 1.71 bits per heavy atom. The zero-order valence-electron chi connectivity index (χ0n) is 10.9. The number of alkyl halides is 3. The summed E-state index contributed by atoms with van der Waals surface area (Å²) < 4.78 is 71.1. The van der Waals surface area contributed by atoms with Crippen molar-refractivity contribution in [3.05, 3.63) is 35.9 Å². The molecule has 1 aliphatic heterocycles. The quantitative estimate of drug-likeness (QED) is 0.895. The molecular weight excluding hydrogens is 311 g/mol. The first-order valence-corrected chi connectivity index (χ1v) is 7.65. The average molecular weight is 325 g/mol. The summed E-state index contributed by atoms with van der Waals surface area (Å²) in [4.78, 5) is 0. The third-order valence-electron chi connectivity index (χ3n) is 3.02. The summed E-state index contributed by atoms with van der Waals surface area (Å²) in [6.07, 6.45) is -0.0632. The predicted molar refractivity (Wildman–Crippen MR) is 67.6 cm³/mol. The zero-order chi connectivity index (χ0) is 15.6. The van der Waals surface area contributed by atoms with Gasteiger partial charge in [-0.3, -0.25) is 0 Å². The van der Waals surface area contributed by atoms with E-state index in [0.29, 0.717) is 18.8 Å². The Morgan fingerprint density at radius 3 is 2.24 bits per heavy atom. The van der Waals surface area contributed by atoms with Crippen molar-refractivity contribution in [1.82, 2.24) is 4.72 Å². The highest BCUT2D eigenvalue weighted by atomic mass is 32.2. The number of benzene rings is 1. The molecule has 21 heavy (non-hydrogen) atoms. The van der Waals surface area contributed by atoms with E-state index in [1.54, 1.807) is 30.3 Å². The Morgan fingerprint density at radius 1 is 1.14 bits per heavy atom. The molecule has 1 aromatic rings. The topological polar surface area (TPSA) is 64.6 Å². The number of halogens is 3. The van der Waals surface area contributed by atoms with Crippen LogP contribution in [0.1, 0.15) is 12.0 Å². The average Bonchev–Trinajstić information content (AvgIpc) is 2.88. The van der Waals surface area contributed by atoms with Crippen LogP contribution >= 0.6 is 0 Å². The Balaban J connectivity index is 2.06. The molecule has 1 N–H and O–H groups in total. The lowest BCUT2D eigenvalue weighted by atomic mass is 10.0. The zero-order valence-corrected chi connectivity index (χ0v) is 11.7. The van der Waals surface area contributed by atoms with Gasteiger partial charge in [0, 0.05) is 18.5 Å². The van der Waals surface area contributed by atoms with E-state index in [-0.39, 0.29) is 6.42 Å². The Labute approximate surface area is 120 Å². The van der Waals surface area contributed by atoms with Crippen LogP contribution in [0.15, 0.2) is 30.3 Å². The van der Waals surface area contributed by atoms with Crippen molar-refractivity contribution in [1.29, 1.82) is 0 Å². The molecule has 0 aromatic heterocycles. The molecule has 1 aliphatic rings. The van der Waals surface area contributed by atoms with Crippen molar-refractivity contribution in [2.45, 2.75) is 17.7 Å². The molecular formula is C12H14F3NO4S.